The summed E-state index contributed by atoms with van der Waals surface area (Å²) in [5, 5.41) is 15.3. The number of carbonyl (C=O) groups is 5. The summed E-state index contributed by atoms with van der Waals surface area (Å²) >= 11 is 0. The Morgan fingerprint density at radius 2 is 1.43 bits per heavy atom. The molecule has 1 saturated carbocycles. The number of unbranched alkanes of at least 4 members (excludes halogenated alkanes) is 1. The first-order chi connectivity index (χ1) is 24.6. The van der Waals surface area contributed by atoms with Crippen LogP contribution in [-0.4, -0.2) is 101 Å². The lowest BCUT2D eigenvalue weighted by atomic mass is 9.69. The molecule has 12 heteroatoms. The molecule has 0 spiro atoms. The number of carboxylic acid groups (broad SMARTS) is 1. The number of rotatable bonds is 18. The maximum absolute atomic E-state index is 14.4. The Labute approximate surface area is 300 Å². The van der Waals surface area contributed by atoms with Crippen LogP contribution in [0.1, 0.15) is 75.3 Å². The molecule has 1 aliphatic carbocycles. The van der Waals surface area contributed by atoms with Crippen molar-refractivity contribution in [2.24, 2.45) is 16.9 Å². The molecule has 2 heterocycles. The summed E-state index contributed by atoms with van der Waals surface area (Å²) in [6, 6.07) is 16.2. The van der Waals surface area contributed by atoms with Crippen LogP contribution >= 0.6 is 0 Å². The number of amides is 3. The Balaban J connectivity index is 1.31. The van der Waals surface area contributed by atoms with Crippen molar-refractivity contribution in [3.8, 4) is 0 Å². The van der Waals surface area contributed by atoms with Gasteiger partial charge >= 0.3 is 5.97 Å². The van der Waals surface area contributed by atoms with Gasteiger partial charge in [0.15, 0.2) is 5.78 Å². The maximum Gasteiger partial charge on any atom is 0.317 e. The van der Waals surface area contributed by atoms with E-state index in [0.717, 1.165) is 36.8 Å². The zero-order valence-corrected chi connectivity index (χ0v) is 29.5. The van der Waals surface area contributed by atoms with Crippen molar-refractivity contribution in [2.75, 3.05) is 26.2 Å². The third-order valence-corrected chi connectivity index (χ3v) is 10.9. The van der Waals surface area contributed by atoms with Crippen molar-refractivity contribution in [3.05, 3.63) is 71.8 Å². The minimum absolute atomic E-state index is 0.0621. The highest BCUT2D eigenvalue weighted by atomic mass is 16.4. The molecule has 0 radical (unpaired) electrons. The summed E-state index contributed by atoms with van der Waals surface area (Å²) in [4.78, 5) is 71.2. The normalized spacial score (nSPS) is 21.4. The highest BCUT2D eigenvalue weighted by Crippen LogP contribution is 2.41. The first kappa shape index (κ1) is 38.1. The van der Waals surface area contributed by atoms with Gasteiger partial charge in [-0.25, -0.2) is 0 Å². The summed E-state index contributed by atoms with van der Waals surface area (Å²) in [7, 11) is 0. The fourth-order valence-corrected chi connectivity index (χ4v) is 8.12. The van der Waals surface area contributed by atoms with Crippen LogP contribution in [0.4, 0.5) is 0 Å². The number of hydrogen-bond acceptors (Lipinski definition) is 8. The molecule has 276 valence electrons. The first-order valence-corrected chi connectivity index (χ1v) is 18.5. The first-order valence-electron chi connectivity index (χ1n) is 18.5. The van der Waals surface area contributed by atoms with E-state index in [0.29, 0.717) is 58.2 Å². The molecule has 3 aliphatic rings. The Morgan fingerprint density at radius 3 is 2.02 bits per heavy atom. The predicted molar refractivity (Wildman–Crippen MR) is 193 cm³/mol. The van der Waals surface area contributed by atoms with Crippen LogP contribution in [0.3, 0.4) is 0 Å². The Kier molecular flexibility index (Phi) is 13.4. The summed E-state index contributed by atoms with van der Waals surface area (Å²) in [5.74, 6) is -2.02. The molecule has 7 N–H and O–H groups in total. The summed E-state index contributed by atoms with van der Waals surface area (Å²) in [6.45, 7) is 1.38. The summed E-state index contributed by atoms with van der Waals surface area (Å²) in [5.41, 5.74) is 12.9. The number of piperazine rings is 1. The van der Waals surface area contributed by atoms with Gasteiger partial charge in [-0.05, 0) is 69.0 Å². The van der Waals surface area contributed by atoms with Crippen LogP contribution in [0.15, 0.2) is 60.7 Å². The molecule has 2 aromatic rings. The van der Waals surface area contributed by atoms with Gasteiger partial charge in [0.25, 0.3) is 0 Å². The number of piperidine rings is 1. The molecule has 5 atom stereocenters. The second kappa shape index (κ2) is 17.9. The van der Waals surface area contributed by atoms with E-state index in [-0.39, 0.29) is 49.1 Å². The van der Waals surface area contributed by atoms with E-state index in [1.54, 1.807) is 0 Å². The second-order valence-corrected chi connectivity index (χ2v) is 14.7. The monoisotopic (exact) mass is 702 g/mol. The number of carbonyl (C=O) groups excluding carboxylic acids is 4. The van der Waals surface area contributed by atoms with E-state index in [1.165, 1.54) is 0 Å². The standard InChI is InChI=1S/C39H54N6O6/c40-19-11-8-16-32(37(50)45-29-22-30(45)25-44(24-29)26-35(47)48)43-38(51)39(17-9-3-10-18-39)23-34(46)33(21-28-14-6-2-7-15-28)42-36(49)31(41)20-27-12-4-1-5-13-27/h1-2,4-7,12-15,29-33H,3,8-11,16-26,40-41H2,(H,42,49)(H,43,51)(H,47,48). The van der Waals surface area contributed by atoms with E-state index in [2.05, 4.69) is 10.6 Å². The van der Waals surface area contributed by atoms with Crippen LogP contribution in [0.2, 0.25) is 0 Å². The van der Waals surface area contributed by atoms with E-state index >= 15 is 0 Å². The number of fused-ring (bicyclic) bond motifs is 2. The van der Waals surface area contributed by atoms with Gasteiger partial charge in [-0.2, -0.15) is 0 Å². The van der Waals surface area contributed by atoms with Crippen LogP contribution in [-0.2, 0) is 36.8 Å². The van der Waals surface area contributed by atoms with E-state index in [4.69, 9.17) is 11.5 Å². The van der Waals surface area contributed by atoms with E-state index in [1.807, 2.05) is 70.5 Å². The molecule has 3 amide bonds. The molecular formula is C39H54N6O6. The SMILES string of the molecule is NCCCCC(NC(=O)C1(CC(=O)C(Cc2ccccc2)NC(=O)C(N)Cc2ccccc2)CCCCC1)C(=O)N1C2CC1CN(CC(=O)O)C2. The van der Waals surface area contributed by atoms with Crippen molar-refractivity contribution >= 4 is 29.5 Å². The molecule has 2 aliphatic heterocycles. The van der Waals surface area contributed by atoms with Crippen LogP contribution in [0, 0.1) is 5.41 Å². The lowest BCUT2D eigenvalue weighted by Crippen LogP contribution is -2.72. The minimum atomic E-state index is -1.02. The minimum Gasteiger partial charge on any atom is -0.480 e. The van der Waals surface area contributed by atoms with Crippen LogP contribution in [0.5, 0.6) is 0 Å². The molecular weight excluding hydrogens is 648 g/mol. The molecule has 2 bridgehead atoms. The highest BCUT2D eigenvalue weighted by Gasteiger charge is 2.50. The molecule has 2 aromatic carbocycles. The number of ketones is 1. The smallest absolute Gasteiger partial charge is 0.317 e. The average Bonchev–Trinajstić information content (AvgIpc) is 3.11. The molecule has 3 fully saturated rings. The maximum atomic E-state index is 14.4. The third kappa shape index (κ3) is 10.0. The van der Waals surface area contributed by atoms with Gasteiger partial charge < -0.3 is 32.1 Å². The Morgan fingerprint density at radius 1 is 0.824 bits per heavy atom. The van der Waals surface area contributed by atoms with E-state index < -0.39 is 35.4 Å². The number of nitrogens with two attached hydrogens (primary N) is 2. The second-order valence-electron chi connectivity index (χ2n) is 14.7. The number of nitrogens with one attached hydrogen (secondary N) is 2. The largest absolute Gasteiger partial charge is 0.480 e. The van der Waals surface area contributed by atoms with Crippen molar-refractivity contribution in [1.29, 1.82) is 0 Å². The van der Waals surface area contributed by atoms with Crippen molar-refractivity contribution < 1.29 is 29.1 Å². The number of nitrogens with zero attached hydrogens (tertiary/aromatic N) is 2. The van der Waals surface area contributed by atoms with Crippen molar-refractivity contribution in [1.82, 2.24) is 20.4 Å². The Bertz CT molecular complexity index is 1490. The molecule has 51 heavy (non-hydrogen) atoms. The van der Waals surface area contributed by atoms with Gasteiger partial charge in [0.1, 0.15) is 6.04 Å². The van der Waals surface area contributed by atoms with Crippen molar-refractivity contribution in [2.45, 2.75) is 107 Å². The fraction of sp³-hybridized carbons (Fsp3) is 0.564. The fourth-order valence-electron chi connectivity index (χ4n) is 8.12. The molecule has 5 unspecified atom stereocenters. The van der Waals surface area contributed by atoms with Gasteiger partial charge in [0, 0.05) is 31.6 Å². The molecule has 5 rings (SSSR count). The molecule has 2 saturated heterocycles. The number of hydrogen-bond donors (Lipinski definition) is 5. The summed E-state index contributed by atoms with van der Waals surface area (Å²) < 4.78 is 0. The van der Waals surface area contributed by atoms with Crippen LogP contribution < -0.4 is 22.1 Å². The average molecular weight is 703 g/mol. The number of Topliss-reactive ketones (excluding diaryl/α,β-unsaturated/α-hetero) is 1. The van der Waals surface area contributed by atoms with Gasteiger partial charge in [0.2, 0.25) is 17.7 Å². The van der Waals surface area contributed by atoms with E-state index in [9.17, 15) is 29.1 Å². The quantitative estimate of drug-likeness (QED) is 0.145. The van der Waals surface area contributed by atoms with Gasteiger partial charge in [-0.1, -0.05) is 79.9 Å². The predicted octanol–water partition coefficient (Wildman–Crippen LogP) is 2.18. The van der Waals surface area contributed by atoms with Gasteiger partial charge in [-0.15, -0.1) is 0 Å². The number of likely N-dealkylation sites (tertiary alicyclic amines) is 2. The third-order valence-electron chi connectivity index (χ3n) is 10.9. The van der Waals surface area contributed by atoms with Crippen LogP contribution in [0.25, 0.3) is 0 Å². The van der Waals surface area contributed by atoms with Gasteiger partial charge in [0.05, 0.1) is 24.0 Å². The molecule has 12 nitrogen and oxygen atoms in total. The molecule has 0 aromatic heterocycles. The van der Waals surface area contributed by atoms with Gasteiger partial charge in [-0.3, -0.25) is 28.9 Å². The lowest BCUT2D eigenvalue weighted by molar-refractivity contribution is -0.160. The number of carboxylic acids is 1. The zero-order valence-electron chi connectivity index (χ0n) is 29.5. The highest BCUT2D eigenvalue weighted by molar-refractivity contribution is 5.97. The number of aliphatic carboxylic acids is 1. The topological polar surface area (TPSA) is 188 Å². The number of benzene rings is 2. The lowest BCUT2D eigenvalue weighted by Gasteiger charge is -2.57. The zero-order chi connectivity index (χ0) is 36.4. The summed E-state index contributed by atoms with van der Waals surface area (Å²) in [6.07, 6.45) is 6.63. The van der Waals surface area contributed by atoms with Crippen molar-refractivity contribution in [3.63, 3.8) is 0 Å². The Hall–Kier alpha value is -4.13.